The van der Waals surface area contributed by atoms with E-state index in [1.165, 1.54) is 7.11 Å². The molecule has 2 nitrogen and oxygen atoms in total. The van der Waals surface area contributed by atoms with Crippen molar-refractivity contribution >= 4 is 21.9 Å². The first kappa shape index (κ1) is 10.8. The minimum atomic E-state index is -0.519. The molecule has 0 bridgehead atoms. The highest BCUT2D eigenvalue weighted by Gasteiger charge is 1.92. The lowest BCUT2D eigenvalue weighted by atomic mass is 10.1. The van der Waals surface area contributed by atoms with Crippen LogP contribution in [0.2, 0.25) is 0 Å². The topological polar surface area (TPSA) is 26.3 Å². The first-order chi connectivity index (χ1) is 6.76. The maximum atomic E-state index is 10.7. The van der Waals surface area contributed by atoms with Gasteiger partial charge in [-0.15, -0.1) is 0 Å². The zero-order valence-corrected chi connectivity index (χ0v) is 9.30. The fourth-order valence-electron chi connectivity index (χ4n) is 0.906. The zero-order chi connectivity index (χ0) is 10.4. The van der Waals surface area contributed by atoms with Gasteiger partial charge in [-0.05, 0) is 17.7 Å². The van der Waals surface area contributed by atoms with Crippen molar-refractivity contribution in [3.05, 3.63) is 35.4 Å². The molecule has 0 aliphatic heterocycles. The van der Waals surface area contributed by atoms with Crippen LogP contribution in [0.1, 0.15) is 11.1 Å². The third-order valence-corrected chi connectivity index (χ3v) is 2.22. The molecule has 1 aromatic rings. The summed E-state index contributed by atoms with van der Waals surface area (Å²) in [6.45, 7) is 0. The number of rotatable bonds is 1. The quantitative estimate of drug-likeness (QED) is 0.435. The lowest BCUT2D eigenvalue weighted by Crippen LogP contribution is -1.94. The summed E-state index contributed by atoms with van der Waals surface area (Å²) >= 11 is 3.35. The Balaban J connectivity index is 2.84. The Labute approximate surface area is 91.4 Å². The summed E-state index contributed by atoms with van der Waals surface area (Å²) in [7, 11) is 1.31. The van der Waals surface area contributed by atoms with E-state index in [9.17, 15) is 4.79 Å². The largest absolute Gasteiger partial charge is 0.459 e. The van der Waals surface area contributed by atoms with Crippen LogP contribution in [-0.4, -0.2) is 13.1 Å². The average molecular weight is 253 g/mol. The molecule has 0 aliphatic rings. The normalized spacial score (nSPS) is 8.71. The van der Waals surface area contributed by atoms with Gasteiger partial charge in [0.15, 0.2) is 0 Å². The molecule has 0 unspecified atom stereocenters. The van der Waals surface area contributed by atoms with E-state index < -0.39 is 5.97 Å². The molecule has 0 aliphatic carbocycles. The van der Waals surface area contributed by atoms with Gasteiger partial charge in [0.2, 0.25) is 0 Å². The Morgan fingerprint density at radius 3 is 3.00 bits per heavy atom. The standard InChI is InChI=1S/C11H9BrO2/c1-14-11(13)6-5-9-3-2-4-10(7-9)8-12/h2-4,7H,8H2,1H3. The fourth-order valence-corrected chi connectivity index (χ4v) is 1.26. The van der Waals surface area contributed by atoms with Gasteiger partial charge in [-0.25, -0.2) is 4.79 Å². The van der Waals surface area contributed by atoms with E-state index in [0.29, 0.717) is 0 Å². The lowest BCUT2D eigenvalue weighted by molar-refractivity contribution is -0.133. The second kappa shape index (κ2) is 5.46. The fraction of sp³-hybridized carbons (Fsp3) is 0.182. The van der Waals surface area contributed by atoms with Crippen molar-refractivity contribution in [1.29, 1.82) is 0 Å². The second-order valence-corrected chi connectivity index (χ2v) is 3.14. The summed E-state index contributed by atoms with van der Waals surface area (Å²) < 4.78 is 4.41. The van der Waals surface area contributed by atoms with Crippen LogP contribution in [0.15, 0.2) is 24.3 Å². The van der Waals surface area contributed by atoms with Crippen LogP contribution in [0.25, 0.3) is 0 Å². The average Bonchev–Trinajstić information content (AvgIpc) is 2.26. The molecule has 0 N–H and O–H groups in total. The van der Waals surface area contributed by atoms with Crippen LogP contribution in [-0.2, 0) is 14.9 Å². The first-order valence-electron chi connectivity index (χ1n) is 4.01. The van der Waals surface area contributed by atoms with E-state index in [0.717, 1.165) is 16.5 Å². The number of benzene rings is 1. The molecule has 72 valence electrons. The summed E-state index contributed by atoms with van der Waals surface area (Å²) in [6, 6.07) is 7.66. The molecular weight excluding hydrogens is 244 g/mol. The Morgan fingerprint density at radius 2 is 2.36 bits per heavy atom. The number of methoxy groups -OCH3 is 1. The predicted molar refractivity (Wildman–Crippen MR) is 58.0 cm³/mol. The van der Waals surface area contributed by atoms with Gasteiger partial charge in [0.1, 0.15) is 0 Å². The number of hydrogen-bond donors (Lipinski definition) is 0. The Hall–Kier alpha value is -1.27. The Morgan fingerprint density at radius 1 is 1.57 bits per heavy atom. The molecule has 0 fully saturated rings. The molecule has 0 saturated heterocycles. The van der Waals surface area contributed by atoms with Crippen molar-refractivity contribution in [2.45, 2.75) is 5.33 Å². The van der Waals surface area contributed by atoms with Gasteiger partial charge >= 0.3 is 5.97 Å². The molecule has 0 saturated carbocycles. The molecule has 0 atom stereocenters. The summed E-state index contributed by atoms with van der Waals surface area (Å²) in [5.41, 5.74) is 1.94. The van der Waals surface area contributed by atoms with Gasteiger partial charge in [0.05, 0.1) is 7.11 Å². The van der Waals surface area contributed by atoms with Gasteiger partial charge in [0.25, 0.3) is 0 Å². The summed E-state index contributed by atoms with van der Waals surface area (Å²) in [6.07, 6.45) is 0. The number of ether oxygens (including phenoxy) is 1. The monoisotopic (exact) mass is 252 g/mol. The third kappa shape index (κ3) is 3.23. The molecule has 14 heavy (non-hydrogen) atoms. The van der Waals surface area contributed by atoms with E-state index in [1.807, 2.05) is 24.3 Å². The Kier molecular flexibility index (Phi) is 4.21. The minimum Gasteiger partial charge on any atom is -0.459 e. The van der Waals surface area contributed by atoms with Crippen molar-refractivity contribution in [1.82, 2.24) is 0 Å². The number of esters is 1. The highest BCUT2D eigenvalue weighted by molar-refractivity contribution is 9.08. The van der Waals surface area contributed by atoms with Crippen LogP contribution < -0.4 is 0 Å². The van der Waals surface area contributed by atoms with Crippen molar-refractivity contribution in [2.75, 3.05) is 7.11 Å². The van der Waals surface area contributed by atoms with Crippen molar-refractivity contribution in [3.8, 4) is 11.8 Å². The van der Waals surface area contributed by atoms with Crippen LogP contribution in [0.4, 0.5) is 0 Å². The maximum absolute atomic E-state index is 10.7. The predicted octanol–water partition coefficient (Wildman–Crippen LogP) is 2.11. The number of halogens is 1. The molecule has 1 aromatic carbocycles. The maximum Gasteiger partial charge on any atom is 0.384 e. The van der Waals surface area contributed by atoms with Gasteiger partial charge in [-0.1, -0.05) is 34.0 Å². The SMILES string of the molecule is COC(=O)C#Cc1cccc(CBr)c1. The molecule has 0 aromatic heterocycles. The molecule has 1 rings (SSSR count). The van der Waals surface area contributed by atoms with Crippen molar-refractivity contribution < 1.29 is 9.53 Å². The van der Waals surface area contributed by atoms with E-state index in [-0.39, 0.29) is 0 Å². The highest BCUT2D eigenvalue weighted by Crippen LogP contribution is 2.07. The van der Waals surface area contributed by atoms with E-state index in [1.54, 1.807) is 0 Å². The second-order valence-electron chi connectivity index (χ2n) is 2.58. The number of alkyl halides is 1. The Bertz CT molecular complexity index is 388. The molecule has 0 heterocycles. The zero-order valence-electron chi connectivity index (χ0n) is 7.71. The van der Waals surface area contributed by atoms with Crippen LogP contribution >= 0.6 is 15.9 Å². The third-order valence-electron chi connectivity index (χ3n) is 1.58. The number of carbonyl (C=O) groups is 1. The molecular formula is C11H9BrO2. The summed E-state index contributed by atoms with van der Waals surface area (Å²) in [5.74, 6) is 4.58. The first-order valence-corrected chi connectivity index (χ1v) is 5.13. The number of carbonyl (C=O) groups excluding carboxylic acids is 1. The van der Waals surface area contributed by atoms with Crippen LogP contribution in [0.5, 0.6) is 0 Å². The molecule has 3 heteroatoms. The van der Waals surface area contributed by atoms with E-state index in [2.05, 4.69) is 32.5 Å². The number of hydrogen-bond acceptors (Lipinski definition) is 2. The van der Waals surface area contributed by atoms with Crippen molar-refractivity contribution in [3.63, 3.8) is 0 Å². The van der Waals surface area contributed by atoms with Crippen LogP contribution in [0.3, 0.4) is 0 Å². The molecule has 0 spiro atoms. The summed E-state index contributed by atoms with van der Waals surface area (Å²) in [5, 5.41) is 0.779. The van der Waals surface area contributed by atoms with Gasteiger partial charge in [-0.3, -0.25) is 0 Å². The highest BCUT2D eigenvalue weighted by atomic mass is 79.9. The molecule has 0 amide bonds. The van der Waals surface area contributed by atoms with Gasteiger partial charge < -0.3 is 4.74 Å². The van der Waals surface area contributed by atoms with E-state index >= 15 is 0 Å². The lowest BCUT2D eigenvalue weighted by Gasteiger charge is -1.94. The van der Waals surface area contributed by atoms with Gasteiger partial charge in [0, 0.05) is 16.8 Å². The van der Waals surface area contributed by atoms with E-state index in [4.69, 9.17) is 0 Å². The van der Waals surface area contributed by atoms with Gasteiger partial charge in [-0.2, -0.15) is 0 Å². The van der Waals surface area contributed by atoms with Crippen LogP contribution in [0, 0.1) is 11.8 Å². The smallest absolute Gasteiger partial charge is 0.384 e. The summed E-state index contributed by atoms with van der Waals surface area (Å²) in [4.78, 5) is 10.7. The molecule has 0 radical (unpaired) electrons. The van der Waals surface area contributed by atoms with Crippen molar-refractivity contribution in [2.24, 2.45) is 0 Å². The minimum absolute atomic E-state index is 0.519.